The highest BCUT2D eigenvalue weighted by Crippen LogP contribution is 2.39. The monoisotopic (exact) mass is 332 g/mol. The number of methoxy groups -OCH3 is 1. The summed E-state index contributed by atoms with van der Waals surface area (Å²) in [5.74, 6) is -0.0741. The fourth-order valence-corrected chi connectivity index (χ4v) is 2.27. The molecule has 0 aliphatic heterocycles. The topological polar surface area (TPSA) is 65.3 Å². The van der Waals surface area contributed by atoms with E-state index in [1.165, 1.54) is 19.4 Å². The Hall–Kier alpha value is -1.56. The molecule has 0 aliphatic rings. The Balaban J connectivity index is 2.62. The number of halogens is 3. The standard InChI is InChI=1S/C12H7Cl3N2O3/c1-20-12-9(17(18)19)4-6(5-16-12)7-2-3-8(13)11(15)10(7)14/h2-5H,1H3. The van der Waals surface area contributed by atoms with Gasteiger partial charge in [0, 0.05) is 23.4 Å². The average Bonchev–Trinajstić information content (AvgIpc) is 2.44. The van der Waals surface area contributed by atoms with Gasteiger partial charge in [0.2, 0.25) is 0 Å². The van der Waals surface area contributed by atoms with E-state index in [0.29, 0.717) is 16.1 Å². The third kappa shape index (κ3) is 2.65. The normalized spacial score (nSPS) is 10.4. The molecule has 0 saturated carbocycles. The van der Waals surface area contributed by atoms with Gasteiger partial charge in [-0.2, -0.15) is 0 Å². The number of pyridine rings is 1. The lowest BCUT2D eigenvalue weighted by atomic mass is 10.1. The molecule has 8 heteroatoms. The zero-order chi connectivity index (χ0) is 14.9. The minimum absolute atomic E-state index is 0.0741. The summed E-state index contributed by atoms with van der Waals surface area (Å²) in [6.45, 7) is 0. The van der Waals surface area contributed by atoms with Crippen molar-refractivity contribution in [3.63, 3.8) is 0 Å². The Morgan fingerprint density at radius 1 is 1.25 bits per heavy atom. The van der Waals surface area contributed by atoms with E-state index < -0.39 is 4.92 Å². The van der Waals surface area contributed by atoms with Gasteiger partial charge in [0.1, 0.15) is 0 Å². The molecule has 1 aromatic heterocycles. The molecule has 0 unspecified atom stereocenters. The smallest absolute Gasteiger partial charge is 0.331 e. The van der Waals surface area contributed by atoms with Crippen LogP contribution in [-0.4, -0.2) is 17.0 Å². The number of nitro groups is 1. The number of ether oxygens (including phenoxy) is 1. The molecule has 0 fully saturated rings. The van der Waals surface area contributed by atoms with E-state index in [9.17, 15) is 10.1 Å². The molecule has 0 atom stereocenters. The van der Waals surface area contributed by atoms with Crippen LogP contribution in [0.3, 0.4) is 0 Å². The van der Waals surface area contributed by atoms with Crippen molar-refractivity contribution < 1.29 is 9.66 Å². The summed E-state index contributed by atoms with van der Waals surface area (Å²) in [5.41, 5.74) is 0.688. The molecule has 104 valence electrons. The third-order valence-corrected chi connectivity index (χ3v) is 3.86. The highest BCUT2D eigenvalue weighted by Gasteiger charge is 2.19. The second kappa shape index (κ2) is 5.83. The van der Waals surface area contributed by atoms with Gasteiger partial charge in [-0.1, -0.05) is 40.9 Å². The number of hydrogen-bond donors (Lipinski definition) is 0. The van der Waals surface area contributed by atoms with Crippen LogP contribution in [0.25, 0.3) is 11.1 Å². The summed E-state index contributed by atoms with van der Waals surface area (Å²) in [6.07, 6.45) is 1.41. The van der Waals surface area contributed by atoms with E-state index >= 15 is 0 Å². The first-order chi connectivity index (χ1) is 9.45. The van der Waals surface area contributed by atoms with Crippen molar-refractivity contribution in [2.45, 2.75) is 0 Å². The minimum atomic E-state index is -0.583. The lowest BCUT2D eigenvalue weighted by Crippen LogP contribution is -1.97. The van der Waals surface area contributed by atoms with Crippen LogP contribution in [0.4, 0.5) is 5.69 Å². The first-order valence-electron chi connectivity index (χ1n) is 5.28. The predicted molar refractivity (Wildman–Crippen MR) is 77.9 cm³/mol. The molecule has 2 rings (SSSR count). The Bertz CT molecular complexity index is 692. The number of hydrogen-bond acceptors (Lipinski definition) is 4. The molecule has 0 spiro atoms. The van der Waals surface area contributed by atoms with Crippen LogP contribution < -0.4 is 4.74 Å². The van der Waals surface area contributed by atoms with Gasteiger partial charge in [-0.25, -0.2) is 4.98 Å². The van der Waals surface area contributed by atoms with Crippen molar-refractivity contribution in [2.75, 3.05) is 7.11 Å². The first kappa shape index (κ1) is 14.8. The second-order valence-electron chi connectivity index (χ2n) is 3.73. The van der Waals surface area contributed by atoms with Crippen molar-refractivity contribution in [2.24, 2.45) is 0 Å². The van der Waals surface area contributed by atoms with E-state index in [4.69, 9.17) is 39.5 Å². The summed E-state index contributed by atoms with van der Waals surface area (Å²) in [7, 11) is 1.31. The van der Waals surface area contributed by atoms with E-state index in [0.717, 1.165) is 0 Å². The summed E-state index contributed by atoms with van der Waals surface area (Å²) < 4.78 is 4.84. The molecule has 1 aromatic carbocycles. The van der Waals surface area contributed by atoms with Gasteiger partial charge in [0.25, 0.3) is 5.88 Å². The second-order valence-corrected chi connectivity index (χ2v) is 4.90. The number of benzene rings is 1. The predicted octanol–water partition coefficient (Wildman–Crippen LogP) is 4.63. The Labute approximate surface area is 129 Å². The van der Waals surface area contributed by atoms with Gasteiger partial charge in [-0.05, 0) is 6.07 Å². The summed E-state index contributed by atoms with van der Waals surface area (Å²) >= 11 is 17.9. The SMILES string of the molecule is COc1ncc(-c2ccc(Cl)c(Cl)c2Cl)cc1[N+](=O)[O-]. The molecular weight excluding hydrogens is 327 g/mol. The van der Waals surface area contributed by atoms with Crippen molar-refractivity contribution in [1.29, 1.82) is 0 Å². The molecular formula is C12H7Cl3N2O3. The van der Waals surface area contributed by atoms with Crippen LogP contribution in [0, 0.1) is 10.1 Å². The highest BCUT2D eigenvalue weighted by atomic mass is 35.5. The van der Waals surface area contributed by atoms with Gasteiger partial charge in [0.15, 0.2) is 0 Å². The van der Waals surface area contributed by atoms with Crippen molar-refractivity contribution in [1.82, 2.24) is 4.98 Å². The van der Waals surface area contributed by atoms with Gasteiger partial charge in [-0.15, -0.1) is 0 Å². The van der Waals surface area contributed by atoms with Gasteiger partial charge < -0.3 is 4.74 Å². The first-order valence-corrected chi connectivity index (χ1v) is 6.41. The largest absolute Gasteiger partial charge is 0.476 e. The fraction of sp³-hybridized carbons (Fsp3) is 0.0833. The zero-order valence-electron chi connectivity index (χ0n) is 10.1. The Morgan fingerprint density at radius 3 is 2.55 bits per heavy atom. The summed E-state index contributed by atoms with van der Waals surface area (Å²) in [6, 6.07) is 4.49. The van der Waals surface area contributed by atoms with E-state index in [1.807, 2.05) is 0 Å². The maximum Gasteiger partial charge on any atom is 0.331 e. The quantitative estimate of drug-likeness (QED) is 0.467. The number of aromatic nitrogens is 1. The van der Waals surface area contributed by atoms with Crippen LogP contribution >= 0.6 is 34.8 Å². The van der Waals surface area contributed by atoms with Gasteiger partial charge >= 0.3 is 5.69 Å². The highest BCUT2D eigenvalue weighted by molar-refractivity contribution is 6.49. The Kier molecular flexibility index (Phi) is 4.32. The number of rotatable bonds is 3. The van der Waals surface area contributed by atoms with Gasteiger partial charge in [-0.3, -0.25) is 10.1 Å². The van der Waals surface area contributed by atoms with Gasteiger partial charge in [0.05, 0.1) is 27.1 Å². The molecule has 1 heterocycles. The van der Waals surface area contributed by atoms with E-state index in [-0.39, 0.29) is 21.6 Å². The summed E-state index contributed by atoms with van der Waals surface area (Å²) in [5, 5.41) is 11.7. The summed E-state index contributed by atoms with van der Waals surface area (Å²) in [4.78, 5) is 14.3. The molecule has 5 nitrogen and oxygen atoms in total. The maximum absolute atomic E-state index is 11.0. The molecule has 0 radical (unpaired) electrons. The lowest BCUT2D eigenvalue weighted by molar-refractivity contribution is -0.386. The van der Waals surface area contributed by atoms with Crippen LogP contribution in [-0.2, 0) is 0 Å². The molecule has 0 N–H and O–H groups in total. The molecule has 0 saturated heterocycles. The van der Waals surface area contributed by atoms with Crippen molar-refractivity contribution in [3.05, 3.63) is 49.6 Å². The fourth-order valence-electron chi connectivity index (χ4n) is 1.62. The van der Waals surface area contributed by atoms with E-state index in [2.05, 4.69) is 4.98 Å². The van der Waals surface area contributed by atoms with Crippen LogP contribution in [0.1, 0.15) is 0 Å². The number of nitrogens with zero attached hydrogens (tertiary/aromatic N) is 2. The molecule has 0 bridgehead atoms. The average molecular weight is 334 g/mol. The third-order valence-electron chi connectivity index (χ3n) is 2.57. The van der Waals surface area contributed by atoms with Crippen LogP contribution in [0.2, 0.25) is 15.1 Å². The maximum atomic E-state index is 11.0. The van der Waals surface area contributed by atoms with Crippen molar-refractivity contribution >= 4 is 40.5 Å². The van der Waals surface area contributed by atoms with Crippen LogP contribution in [0.15, 0.2) is 24.4 Å². The molecule has 0 amide bonds. The molecule has 2 aromatic rings. The minimum Gasteiger partial charge on any atom is -0.476 e. The Morgan fingerprint density at radius 2 is 1.95 bits per heavy atom. The lowest BCUT2D eigenvalue weighted by Gasteiger charge is -2.08. The van der Waals surface area contributed by atoms with E-state index in [1.54, 1.807) is 12.1 Å². The molecule has 20 heavy (non-hydrogen) atoms. The zero-order valence-corrected chi connectivity index (χ0v) is 12.3. The molecule has 0 aliphatic carbocycles. The van der Waals surface area contributed by atoms with Crippen molar-refractivity contribution in [3.8, 4) is 17.0 Å². The van der Waals surface area contributed by atoms with Crippen LogP contribution in [0.5, 0.6) is 5.88 Å².